The summed E-state index contributed by atoms with van der Waals surface area (Å²) in [6.07, 6.45) is 5.19. The second-order valence-electron chi connectivity index (χ2n) is 5.30. The molecule has 1 fully saturated rings. The standard InChI is InChI=1S/C14H22ClN3O2/c1-3-20-10(2)7-16-13-12(15)8-17-18(14(13)19)9-11-5-4-6-11/h8,10-11,16H,3-7,9H2,1-2H3. The topological polar surface area (TPSA) is 56.1 Å². The van der Waals surface area contributed by atoms with Gasteiger partial charge in [-0.1, -0.05) is 18.0 Å². The van der Waals surface area contributed by atoms with Crippen LogP contribution >= 0.6 is 11.6 Å². The zero-order valence-electron chi connectivity index (χ0n) is 12.1. The second-order valence-corrected chi connectivity index (χ2v) is 5.71. The molecule has 1 N–H and O–H groups in total. The third-order valence-corrected chi connectivity index (χ3v) is 3.96. The third-order valence-electron chi connectivity index (χ3n) is 3.67. The van der Waals surface area contributed by atoms with Gasteiger partial charge in [0.2, 0.25) is 0 Å². The summed E-state index contributed by atoms with van der Waals surface area (Å²) >= 11 is 6.07. The van der Waals surface area contributed by atoms with Gasteiger partial charge in [-0.25, -0.2) is 4.68 Å². The van der Waals surface area contributed by atoms with Crippen LogP contribution < -0.4 is 10.9 Å². The molecule has 0 radical (unpaired) electrons. The molecule has 1 aliphatic rings. The summed E-state index contributed by atoms with van der Waals surface area (Å²) in [5.74, 6) is 0.580. The molecule has 0 amide bonds. The molecule has 6 heteroatoms. The Morgan fingerprint density at radius 1 is 1.60 bits per heavy atom. The molecule has 0 aliphatic heterocycles. The van der Waals surface area contributed by atoms with E-state index in [9.17, 15) is 4.79 Å². The molecule has 112 valence electrons. The summed E-state index contributed by atoms with van der Waals surface area (Å²) in [7, 11) is 0. The van der Waals surface area contributed by atoms with Gasteiger partial charge in [0.25, 0.3) is 5.56 Å². The van der Waals surface area contributed by atoms with Gasteiger partial charge in [-0.3, -0.25) is 4.79 Å². The maximum absolute atomic E-state index is 12.3. The van der Waals surface area contributed by atoms with Gasteiger partial charge in [-0.05, 0) is 32.6 Å². The van der Waals surface area contributed by atoms with Crippen molar-refractivity contribution >= 4 is 17.3 Å². The van der Waals surface area contributed by atoms with Crippen molar-refractivity contribution in [3.63, 3.8) is 0 Å². The Hall–Kier alpha value is -1.07. The van der Waals surface area contributed by atoms with Crippen LogP contribution in [0.5, 0.6) is 0 Å². The molecule has 1 aromatic rings. The molecule has 1 heterocycles. The summed E-state index contributed by atoms with van der Waals surface area (Å²) in [6, 6.07) is 0. The number of aromatic nitrogens is 2. The normalized spacial score (nSPS) is 16.8. The molecule has 20 heavy (non-hydrogen) atoms. The van der Waals surface area contributed by atoms with Gasteiger partial charge < -0.3 is 10.1 Å². The van der Waals surface area contributed by atoms with Crippen molar-refractivity contribution in [1.29, 1.82) is 0 Å². The van der Waals surface area contributed by atoms with Crippen molar-refractivity contribution in [1.82, 2.24) is 9.78 Å². The van der Waals surface area contributed by atoms with Crippen molar-refractivity contribution in [3.8, 4) is 0 Å². The first-order valence-electron chi connectivity index (χ1n) is 7.23. The van der Waals surface area contributed by atoms with Crippen molar-refractivity contribution in [3.05, 3.63) is 21.6 Å². The Balaban J connectivity index is 2.06. The lowest BCUT2D eigenvalue weighted by Crippen LogP contribution is -2.32. The van der Waals surface area contributed by atoms with E-state index >= 15 is 0 Å². The summed E-state index contributed by atoms with van der Waals surface area (Å²) in [6.45, 7) is 5.79. The summed E-state index contributed by atoms with van der Waals surface area (Å²) in [5, 5.41) is 7.57. The molecule has 0 spiro atoms. The van der Waals surface area contributed by atoms with Crippen molar-refractivity contribution in [2.75, 3.05) is 18.5 Å². The molecular weight excluding hydrogens is 278 g/mol. The molecule has 2 rings (SSSR count). The fourth-order valence-electron chi connectivity index (χ4n) is 2.27. The average Bonchev–Trinajstić information content (AvgIpc) is 2.36. The number of rotatable bonds is 7. The fraction of sp³-hybridized carbons (Fsp3) is 0.714. The SMILES string of the molecule is CCOC(C)CNc1c(Cl)cnn(CC2CCC2)c1=O. The Morgan fingerprint density at radius 2 is 2.35 bits per heavy atom. The van der Waals surface area contributed by atoms with E-state index in [0.29, 0.717) is 36.3 Å². The number of halogens is 1. The van der Waals surface area contributed by atoms with Gasteiger partial charge in [-0.2, -0.15) is 5.10 Å². The fourth-order valence-corrected chi connectivity index (χ4v) is 2.46. The monoisotopic (exact) mass is 299 g/mol. The van der Waals surface area contributed by atoms with Crippen LogP contribution in [-0.4, -0.2) is 29.0 Å². The lowest BCUT2D eigenvalue weighted by Gasteiger charge is -2.25. The summed E-state index contributed by atoms with van der Waals surface area (Å²) in [5.41, 5.74) is 0.278. The Morgan fingerprint density at radius 3 is 2.95 bits per heavy atom. The van der Waals surface area contributed by atoms with Crippen molar-refractivity contribution < 1.29 is 4.74 Å². The predicted molar refractivity (Wildman–Crippen MR) is 80.4 cm³/mol. The lowest BCUT2D eigenvalue weighted by atomic mass is 9.85. The zero-order chi connectivity index (χ0) is 14.5. The maximum atomic E-state index is 12.3. The van der Waals surface area contributed by atoms with Gasteiger partial charge in [0.05, 0.1) is 17.3 Å². The van der Waals surface area contributed by atoms with Gasteiger partial charge in [0, 0.05) is 19.7 Å². The first-order chi connectivity index (χ1) is 9.61. The van der Waals surface area contributed by atoms with Crippen molar-refractivity contribution in [2.45, 2.75) is 45.8 Å². The zero-order valence-corrected chi connectivity index (χ0v) is 12.8. The van der Waals surface area contributed by atoms with Gasteiger partial charge in [0.15, 0.2) is 0 Å². The van der Waals surface area contributed by atoms with E-state index in [4.69, 9.17) is 16.3 Å². The van der Waals surface area contributed by atoms with Crippen LogP contribution in [0.4, 0.5) is 5.69 Å². The molecule has 1 saturated carbocycles. The van der Waals surface area contributed by atoms with Gasteiger partial charge >= 0.3 is 0 Å². The highest BCUT2D eigenvalue weighted by Crippen LogP contribution is 2.27. The van der Waals surface area contributed by atoms with E-state index in [0.717, 1.165) is 0 Å². The lowest BCUT2D eigenvalue weighted by molar-refractivity contribution is 0.0855. The molecule has 1 unspecified atom stereocenters. The Kier molecular flexibility index (Phi) is 5.43. The number of nitrogens with zero attached hydrogens (tertiary/aromatic N) is 2. The van der Waals surface area contributed by atoms with Crippen LogP contribution in [0.25, 0.3) is 0 Å². The minimum Gasteiger partial charge on any atom is -0.377 e. The van der Waals surface area contributed by atoms with Crippen LogP contribution in [0.15, 0.2) is 11.0 Å². The summed E-state index contributed by atoms with van der Waals surface area (Å²) in [4.78, 5) is 12.3. The molecule has 1 aliphatic carbocycles. The first-order valence-corrected chi connectivity index (χ1v) is 7.60. The number of nitrogens with one attached hydrogen (secondary N) is 1. The van der Waals surface area contributed by atoms with Crippen LogP contribution in [0.3, 0.4) is 0 Å². The van der Waals surface area contributed by atoms with Gasteiger partial charge in [0.1, 0.15) is 5.69 Å². The maximum Gasteiger partial charge on any atom is 0.291 e. The van der Waals surface area contributed by atoms with Crippen LogP contribution in [-0.2, 0) is 11.3 Å². The predicted octanol–water partition coefficient (Wildman–Crippen LogP) is 2.53. The molecule has 1 aromatic heterocycles. The minimum absolute atomic E-state index is 0.0312. The van der Waals surface area contributed by atoms with Crippen LogP contribution in [0.1, 0.15) is 33.1 Å². The highest BCUT2D eigenvalue weighted by Gasteiger charge is 2.20. The molecule has 0 aromatic carbocycles. The molecular formula is C14H22ClN3O2. The Labute approximate surface area is 124 Å². The first kappa shape index (κ1) is 15.3. The average molecular weight is 300 g/mol. The molecule has 1 atom stereocenters. The van der Waals surface area contributed by atoms with E-state index in [1.54, 1.807) is 0 Å². The number of ether oxygens (including phenoxy) is 1. The molecule has 5 nitrogen and oxygen atoms in total. The van der Waals surface area contributed by atoms with E-state index < -0.39 is 0 Å². The number of hydrogen-bond acceptors (Lipinski definition) is 4. The largest absolute Gasteiger partial charge is 0.377 e. The summed E-state index contributed by atoms with van der Waals surface area (Å²) < 4.78 is 6.95. The number of anilines is 1. The molecule has 0 bridgehead atoms. The van der Waals surface area contributed by atoms with Crippen molar-refractivity contribution in [2.24, 2.45) is 5.92 Å². The highest BCUT2D eigenvalue weighted by atomic mass is 35.5. The van der Waals surface area contributed by atoms with E-state index in [2.05, 4.69) is 10.4 Å². The minimum atomic E-state index is -0.145. The van der Waals surface area contributed by atoms with E-state index in [-0.39, 0.29) is 11.7 Å². The third kappa shape index (κ3) is 3.73. The van der Waals surface area contributed by atoms with Crippen LogP contribution in [0, 0.1) is 5.92 Å². The smallest absolute Gasteiger partial charge is 0.291 e. The Bertz CT molecular complexity index is 500. The molecule has 0 saturated heterocycles. The van der Waals surface area contributed by atoms with Gasteiger partial charge in [-0.15, -0.1) is 0 Å². The number of hydrogen-bond donors (Lipinski definition) is 1. The van der Waals surface area contributed by atoms with Crippen LogP contribution in [0.2, 0.25) is 5.02 Å². The quantitative estimate of drug-likeness (QED) is 0.840. The van der Waals surface area contributed by atoms with E-state index in [1.807, 2.05) is 13.8 Å². The van der Waals surface area contributed by atoms with E-state index in [1.165, 1.54) is 30.1 Å². The highest BCUT2D eigenvalue weighted by molar-refractivity contribution is 6.32. The second kappa shape index (κ2) is 7.09.